The number of rotatable bonds is 5. The Hall–Kier alpha value is -2.58. The molecule has 3 rings (SSSR count). The van der Waals surface area contributed by atoms with Crippen LogP contribution in [0.15, 0.2) is 50.8 Å². The van der Waals surface area contributed by atoms with E-state index >= 15 is 0 Å². The van der Waals surface area contributed by atoms with Crippen molar-refractivity contribution in [2.45, 2.75) is 20.5 Å². The topological polar surface area (TPSA) is 77.0 Å². The summed E-state index contributed by atoms with van der Waals surface area (Å²) in [5, 5.41) is 2.80. The van der Waals surface area contributed by atoms with Crippen LogP contribution in [0.2, 0.25) is 0 Å². The summed E-state index contributed by atoms with van der Waals surface area (Å²) in [5.74, 6) is 0.450. The number of methoxy groups -OCH3 is 1. The first-order valence-corrected chi connectivity index (χ1v) is 10.3. The molecule has 2 amide bonds. The Balaban J connectivity index is 1.79. The first-order valence-electron chi connectivity index (χ1n) is 8.71. The number of amides is 2. The molecular weight excluding hydrogens is 456 g/mol. The van der Waals surface area contributed by atoms with Gasteiger partial charge in [0.25, 0.3) is 5.91 Å². The second-order valence-electron chi connectivity index (χ2n) is 6.32. The highest BCUT2D eigenvalue weighted by Crippen LogP contribution is 2.38. The average molecular weight is 475 g/mol. The van der Waals surface area contributed by atoms with Gasteiger partial charge in [0.1, 0.15) is 6.61 Å². The molecule has 6 nitrogen and oxygen atoms in total. The van der Waals surface area contributed by atoms with Gasteiger partial charge in [-0.05, 0) is 64.0 Å². The Bertz CT molecular complexity index is 1020. The molecule has 0 fully saturated rings. The van der Waals surface area contributed by atoms with Crippen molar-refractivity contribution >= 4 is 50.7 Å². The van der Waals surface area contributed by atoms with Crippen LogP contribution in [0.1, 0.15) is 23.6 Å². The van der Waals surface area contributed by atoms with E-state index in [-0.39, 0.29) is 11.1 Å². The standard InChI is InChI=1S/C21H19BrN2O4S/c1-12-4-6-14(7-5-12)11-28-19-16(22)8-15(9-17(19)27-3)10-18-20(26)24-21(29-18)23-13(2)25/h4-10H,11H2,1-3H3,(H,23,24,25,26)/b18-10-. The predicted octanol–water partition coefficient (Wildman–Crippen LogP) is 4.45. The molecule has 150 valence electrons. The number of hydrogen-bond acceptors (Lipinski definition) is 5. The highest BCUT2D eigenvalue weighted by molar-refractivity contribution is 9.10. The number of nitrogens with zero attached hydrogens (tertiary/aromatic N) is 1. The zero-order chi connectivity index (χ0) is 21.0. The lowest BCUT2D eigenvalue weighted by Gasteiger charge is -2.14. The summed E-state index contributed by atoms with van der Waals surface area (Å²) in [7, 11) is 1.56. The Kier molecular flexibility index (Phi) is 6.76. The van der Waals surface area contributed by atoms with Gasteiger partial charge in [-0.2, -0.15) is 4.99 Å². The van der Waals surface area contributed by atoms with Gasteiger partial charge in [0.2, 0.25) is 5.91 Å². The Labute approximate surface area is 181 Å². The minimum atomic E-state index is -0.395. The van der Waals surface area contributed by atoms with Gasteiger partial charge < -0.3 is 14.8 Å². The Morgan fingerprint density at radius 3 is 2.66 bits per heavy atom. The van der Waals surface area contributed by atoms with E-state index in [4.69, 9.17) is 9.47 Å². The average Bonchev–Trinajstić information content (AvgIpc) is 2.99. The quantitative estimate of drug-likeness (QED) is 0.647. The predicted molar refractivity (Wildman–Crippen MR) is 118 cm³/mol. The lowest BCUT2D eigenvalue weighted by atomic mass is 10.1. The molecule has 0 radical (unpaired) electrons. The molecule has 0 saturated carbocycles. The van der Waals surface area contributed by atoms with Gasteiger partial charge in [0.05, 0.1) is 16.5 Å². The minimum absolute atomic E-state index is 0.273. The van der Waals surface area contributed by atoms with E-state index in [0.717, 1.165) is 22.9 Å². The van der Waals surface area contributed by atoms with Crippen molar-refractivity contribution in [1.82, 2.24) is 5.32 Å². The zero-order valence-electron chi connectivity index (χ0n) is 16.1. The summed E-state index contributed by atoms with van der Waals surface area (Å²) in [6.45, 7) is 3.81. The number of hydrogen-bond donors (Lipinski definition) is 1. The van der Waals surface area contributed by atoms with Crippen LogP contribution < -0.4 is 14.8 Å². The molecule has 0 atom stereocenters. The summed E-state index contributed by atoms with van der Waals surface area (Å²) < 4.78 is 12.1. The maximum Gasteiger partial charge on any atom is 0.286 e. The normalized spacial score (nSPS) is 14.7. The molecule has 29 heavy (non-hydrogen) atoms. The van der Waals surface area contributed by atoms with Gasteiger partial charge in [0, 0.05) is 6.92 Å². The van der Waals surface area contributed by atoms with Crippen LogP contribution in [-0.4, -0.2) is 24.1 Å². The molecule has 2 aromatic rings. The number of aliphatic imine (C=N–C) groups is 1. The van der Waals surface area contributed by atoms with Gasteiger partial charge in [-0.1, -0.05) is 29.8 Å². The van der Waals surface area contributed by atoms with Gasteiger partial charge in [-0.3, -0.25) is 9.59 Å². The summed E-state index contributed by atoms with van der Waals surface area (Å²) in [4.78, 5) is 27.5. The van der Waals surface area contributed by atoms with Crippen LogP contribution >= 0.6 is 27.7 Å². The van der Waals surface area contributed by atoms with Crippen molar-refractivity contribution < 1.29 is 19.1 Å². The van der Waals surface area contributed by atoms with Gasteiger partial charge in [0.15, 0.2) is 16.7 Å². The highest BCUT2D eigenvalue weighted by Gasteiger charge is 2.23. The van der Waals surface area contributed by atoms with E-state index < -0.39 is 5.91 Å². The van der Waals surface area contributed by atoms with Crippen LogP contribution in [-0.2, 0) is 16.2 Å². The molecule has 2 aromatic carbocycles. The van der Waals surface area contributed by atoms with E-state index in [1.165, 1.54) is 12.5 Å². The molecule has 1 aliphatic rings. The maximum atomic E-state index is 12.1. The number of amidine groups is 1. The summed E-state index contributed by atoms with van der Waals surface area (Å²) in [5.41, 5.74) is 2.98. The first kappa shape index (κ1) is 21.1. The molecule has 0 saturated heterocycles. The van der Waals surface area contributed by atoms with Crippen molar-refractivity contribution in [3.05, 3.63) is 62.5 Å². The van der Waals surface area contributed by atoms with E-state index in [9.17, 15) is 9.59 Å². The number of carbonyl (C=O) groups is 2. The van der Waals surface area contributed by atoms with Crippen molar-refractivity contribution in [1.29, 1.82) is 0 Å². The number of aryl methyl sites for hydroxylation is 1. The highest BCUT2D eigenvalue weighted by atomic mass is 79.9. The molecule has 1 aliphatic heterocycles. The molecule has 0 aromatic heterocycles. The van der Waals surface area contributed by atoms with Crippen molar-refractivity contribution in [2.24, 2.45) is 4.99 Å². The van der Waals surface area contributed by atoms with Crippen molar-refractivity contribution in [3.8, 4) is 11.5 Å². The fourth-order valence-electron chi connectivity index (χ4n) is 2.57. The smallest absolute Gasteiger partial charge is 0.286 e. The second-order valence-corrected chi connectivity index (χ2v) is 8.21. The van der Waals surface area contributed by atoms with Gasteiger partial charge in [-0.25, -0.2) is 0 Å². The third-order valence-corrected chi connectivity index (χ3v) is 5.44. The molecule has 0 spiro atoms. The fraction of sp³-hybridized carbons (Fsp3) is 0.190. The van der Waals surface area contributed by atoms with E-state index in [1.54, 1.807) is 19.3 Å². The van der Waals surface area contributed by atoms with E-state index in [1.807, 2.05) is 37.3 Å². The molecule has 0 bridgehead atoms. The van der Waals surface area contributed by atoms with Crippen molar-refractivity contribution in [2.75, 3.05) is 7.11 Å². The van der Waals surface area contributed by atoms with Crippen LogP contribution in [0.5, 0.6) is 11.5 Å². The number of carbonyl (C=O) groups excluding carboxylic acids is 2. The van der Waals surface area contributed by atoms with Gasteiger partial charge >= 0.3 is 0 Å². The van der Waals surface area contributed by atoms with Crippen LogP contribution in [0, 0.1) is 6.92 Å². The summed E-state index contributed by atoms with van der Waals surface area (Å²) >= 11 is 4.64. The fourth-order valence-corrected chi connectivity index (χ4v) is 4.00. The molecule has 0 aliphatic carbocycles. The number of halogens is 1. The minimum Gasteiger partial charge on any atom is -0.493 e. The lowest BCUT2D eigenvalue weighted by Crippen LogP contribution is -2.23. The molecule has 8 heteroatoms. The molecule has 1 N–H and O–H groups in total. The SMILES string of the molecule is COc1cc(/C=C2\SC(NC(C)=O)=NC2=O)cc(Br)c1OCc1ccc(C)cc1. The molecule has 0 unspecified atom stereocenters. The van der Waals surface area contributed by atoms with Crippen LogP contribution in [0.3, 0.4) is 0 Å². The first-order chi connectivity index (χ1) is 13.9. The second kappa shape index (κ2) is 9.28. The molecule has 1 heterocycles. The third-order valence-electron chi connectivity index (χ3n) is 3.96. The lowest BCUT2D eigenvalue weighted by molar-refractivity contribution is -0.117. The monoisotopic (exact) mass is 474 g/mol. The van der Waals surface area contributed by atoms with Crippen molar-refractivity contribution in [3.63, 3.8) is 0 Å². The van der Waals surface area contributed by atoms with Crippen LogP contribution in [0.4, 0.5) is 0 Å². The van der Waals surface area contributed by atoms with Crippen LogP contribution in [0.25, 0.3) is 6.08 Å². The zero-order valence-corrected chi connectivity index (χ0v) is 18.5. The number of nitrogens with one attached hydrogen (secondary N) is 1. The Morgan fingerprint density at radius 2 is 2.00 bits per heavy atom. The summed E-state index contributed by atoms with van der Waals surface area (Å²) in [6.07, 6.45) is 1.70. The van der Waals surface area contributed by atoms with Gasteiger partial charge in [-0.15, -0.1) is 0 Å². The van der Waals surface area contributed by atoms with E-state index in [0.29, 0.717) is 27.5 Å². The molecular formula is C21H19BrN2O4S. The summed E-state index contributed by atoms with van der Waals surface area (Å²) in [6, 6.07) is 11.7. The largest absolute Gasteiger partial charge is 0.493 e. The number of benzene rings is 2. The van der Waals surface area contributed by atoms with E-state index in [2.05, 4.69) is 26.2 Å². The number of ether oxygens (including phenoxy) is 2. The third kappa shape index (κ3) is 5.48. The Morgan fingerprint density at radius 1 is 1.28 bits per heavy atom. The maximum absolute atomic E-state index is 12.1. The number of thioether (sulfide) groups is 1.